The molecular weight excluding hydrogens is 282 g/mol. The first-order chi connectivity index (χ1) is 9.96. The van der Waals surface area contributed by atoms with Crippen LogP contribution in [0.5, 0.6) is 0 Å². The second kappa shape index (κ2) is 8.69. The lowest BCUT2D eigenvalue weighted by molar-refractivity contribution is -0.128. The van der Waals surface area contributed by atoms with Crippen LogP contribution >= 0.6 is 12.2 Å². The Labute approximate surface area is 134 Å². The van der Waals surface area contributed by atoms with Gasteiger partial charge in [0, 0.05) is 12.6 Å². The molecule has 0 bridgehead atoms. The summed E-state index contributed by atoms with van der Waals surface area (Å²) in [4.78, 5) is 15.5. The van der Waals surface area contributed by atoms with Gasteiger partial charge in [-0.05, 0) is 32.9 Å². The summed E-state index contributed by atoms with van der Waals surface area (Å²) in [6.07, 6.45) is 6.02. The van der Waals surface area contributed by atoms with Crippen molar-refractivity contribution < 1.29 is 4.79 Å². The summed E-state index contributed by atoms with van der Waals surface area (Å²) in [6, 6.07) is 0.117. The Hall–Kier alpha value is -0.680. The van der Waals surface area contributed by atoms with Crippen molar-refractivity contribution in [1.29, 1.82) is 0 Å². The van der Waals surface area contributed by atoms with Crippen LogP contribution in [0.1, 0.15) is 59.3 Å². The maximum atomic E-state index is 12.8. The average molecular weight is 314 g/mol. The van der Waals surface area contributed by atoms with Crippen LogP contribution in [0.3, 0.4) is 0 Å². The van der Waals surface area contributed by atoms with Gasteiger partial charge in [-0.1, -0.05) is 51.7 Å². The van der Waals surface area contributed by atoms with E-state index in [0.29, 0.717) is 4.99 Å². The minimum absolute atomic E-state index is 0.0385. The molecule has 1 saturated carbocycles. The van der Waals surface area contributed by atoms with E-state index in [0.717, 1.165) is 45.3 Å². The van der Waals surface area contributed by atoms with Gasteiger partial charge < -0.3 is 16.0 Å². The monoisotopic (exact) mass is 313 g/mol. The van der Waals surface area contributed by atoms with Gasteiger partial charge >= 0.3 is 0 Å². The van der Waals surface area contributed by atoms with Gasteiger partial charge in [0.15, 0.2) is 0 Å². The average Bonchev–Trinajstić information content (AvgIpc) is 2.71. The third kappa shape index (κ3) is 4.92. The Bertz CT molecular complexity index is 347. The normalized spacial score (nSPS) is 19.8. The van der Waals surface area contributed by atoms with E-state index in [-0.39, 0.29) is 11.9 Å². The standard InChI is InChI=1S/C16H31N3OS/c1-4-19(5-2)12-13(3)18-15(20)16(14(17)21)10-8-6-7-9-11-16/h13H,4-12H2,1-3H3,(H2,17,21)(H,18,20). The number of nitrogens with one attached hydrogen (secondary N) is 1. The van der Waals surface area contributed by atoms with Crippen molar-refractivity contribution in [1.82, 2.24) is 10.2 Å². The number of nitrogens with zero attached hydrogens (tertiary/aromatic N) is 1. The van der Waals surface area contributed by atoms with Crippen LogP contribution in [0, 0.1) is 5.41 Å². The summed E-state index contributed by atoms with van der Waals surface area (Å²) in [5.41, 5.74) is 5.34. The molecule has 0 saturated heterocycles. The lowest BCUT2D eigenvalue weighted by Gasteiger charge is -2.32. The van der Waals surface area contributed by atoms with Crippen LogP contribution < -0.4 is 11.1 Å². The smallest absolute Gasteiger partial charge is 0.233 e. The number of hydrogen-bond acceptors (Lipinski definition) is 3. The van der Waals surface area contributed by atoms with Crippen molar-refractivity contribution in [3.05, 3.63) is 0 Å². The third-order valence-corrected chi connectivity index (χ3v) is 5.06. The van der Waals surface area contributed by atoms with Gasteiger partial charge in [0.2, 0.25) is 5.91 Å². The molecule has 1 unspecified atom stereocenters. The second-order valence-corrected chi connectivity index (χ2v) is 6.66. The molecule has 4 nitrogen and oxygen atoms in total. The minimum atomic E-state index is -0.622. The number of hydrogen-bond donors (Lipinski definition) is 2. The molecule has 122 valence electrons. The van der Waals surface area contributed by atoms with Crippen LogP contribution in [0.2, 0.25) is 0 Å². The van der Waals surface area contributed by atoms with Crippen LogP contribution in [-0.2, 0) is 4.79 Å². The Balaban J connectivity index is 2.71. The molecule has 0 heterocycles. The van der Waals surface area contributed by atoms with Gasteiger partial charge in [-0.25, -0.2) is 0 Å². The number of carbonyl (C=O) groups is 1. The van der Waals surface area contributed by atoms with Crippen molar-refractivity contribution in [2.45, 2.75) is 65.3 Å². The minimum Gasteiger partial charge on any atom is -0.392 e. The topological polar surface area (TPSA) is 58.4 Å². The van der Waals surface area contributed by atoms with Crippen molar-refractivity contribution in [3.8, 4) is 0 Å². The molecule has 0 radical (unpaired) electrons. The first-order valence-corrected chi connectivity index (χ1v) is 8.70. The summed E-state index contributed by atoms with van der Waals surface area (Å²) in [5, 5.41) is 3.15. The SMILES string of the molecule is CCN(CC)CC(C)NC(=O)C1(C(N)=S)CCCCCC1. The molecule has 0 aromatic heterocycles. The molecule has 0 spiro atoms. The number of likely N-dealkylation sites (N-methyl/N-ethyl adjacent to an activating group) is 1. The highest BCUT2D eigenvalue weighted by Gasteiger charge is 2.41. The van der Waals surface area contributed by atoms with Crippen LogP contribution in [0.25, 0.3) is 0 Å². The largest absolute Gasteiger partial charge is 0.392 e. The molecule has 1 atom stereocenters. The van der Waals surface area contributed by atoms with Crippen LogP contribution in [-0.4, -0.2) is 41.5 Å². The van der Waals surface area contributed by atoms with Gasteiger partial charge in [-0.3, -0.25) is 4.79 Å². The van der Waals surface area contributed by atoms with Crippen LogP contribution in [0.4, 0.5) is 0 Å². The molecule has 1 aliphatic rings. The van der Waals surface area contributed by atoms with Gasteiger partial charge in [0.1, 0.15) is 0 Å². The Morgan fingerprint density at radius 3 is 2.19 bits per heavy atom. The quantitative estimate of drug-likeness (QED) is 0.560. The van der Waals surface area contributed by atoms with E-state index in [1.54, 1.807) is 0 Å². The van der Waals surface area contributed by atoms with E-state index in [1.165, 1.54) is 12.8 Å². The molecular formula is C16H31N3OS. The highest BCUT2D eigenvalue weighted by atomic mass is 32.1. The number of carbonyl (C=O) groups excluding carboxylic acids is 1. The first kappa shape index (κ1) is 18.4. The Kier molecular flexibility index (Phi) is 7.60. The third-order valence-electron chi connectivity index (χ3n) is 4.67. The van der Waals surface area contributed by atoms with E-state index >= 15 is 0 Å². The molecule has 1 rings (SSSR count). The highest BCUT2D eigenvalue weighted by molar-refractivity contribution is 7.80. The highest BCUT2D eigenvalue weighted by Crippen LogP contribution is 2.35. The first-order valence-electron chi connectivity index (χ1n) is 8.29. The number of thiocarbonyl (C=S) groups is 1. The number of rotatable bonds is 7. The van der Waals surface area contributed by atoms with Gasteiger partial charge in [0.25, 0.3) is 0 Å². The number of amides is 1. The zero-order chi connectivity index (χ0) is 15.9. The Morgan fingerprint density at radius 1 is 1.24 bits per heavy atom. The molecule has 5 heteroatoms. The summed E-state index contributed by atoms with van der Waals surface area (Å²) < 4.78 is 0. The van der Waals surface area contributed by atoms with E-state index in [1.807, 2.05) is 0 Å². The molecule has 1 fully saturated rings. The zero-order valence-corrected chi connectivity index (χ0v) is 14.6. The van der Waals surface area contributed by atoms with Gasteiger partial charge in [-0.15, -0.1) is 0 Å². The summed E-state index contributed by atoms with van der Waals surface area (Å²) in [7, 11) is 0. The predicted molar refractivity (Wildman–Crippen MR) is 92.3 cm³/mol. The second-order valence-electron chi connectivity index (χ2n) is 6.22. The summed E-state index contributed by atoms with van der Waals surface area (Å²) in [6.45, 7) is 9.19. The fourth-order valence-corrected chi connectivity index (χ4v) is 3.49. The molecule has 0 aromatic rings. The zero-order valence-electron chi connectivity index (χ0n) is 13.8. The molecule has 3 N–H and O–H groups in total. The molecule has 0 aromatic carbocycles. The van der Waals surface area contributed by atoms with E-state index in [2.05, 4.69) is 31.0 Å². The fraction of sp³-hybridized carbons (Fsp3) is 0.875. The fourth-order valence-electron chi connectivity index (χ4n) is 3.19. The molecule has 0 aliphatic heterocycles. The van der Waals surface area contributed by atoms with Gasteiger partial charge in [0.05, 0.1) is 10.4 Å². The van der Waals surface area contributed by atoms with E-state index < -0.39 is 5.41 Å². The predicted octanol–water partition coefficient (Wildman–Crippen LogP) is 2.46. The maximum absolute atomic E-state index is 12.8. The van der Waals surface area contributed by atoms with Gasteiger partial charge in [-0.2, -0.15) is 0 Å². The van der Waals surface area contributed by atoms with Crippen molar-refractivity contribution in [2.75, 3.05) is 19.6 Å². The van der Waals surface area contributed by atoms with E-state index in [4.69, 9.17) is 18.0 Å². The van der Waals surface area contributed by atoms with Crippen molar-refractivity contribution in [3.63, 3.8) is 0 Å². The molecule has 21 heavy (non-hydrogen) atoms. The van der Waals surface area contributed by atoms with Crippen molar-refractivity contribution >= 4 is 23.1 Å². The molecule has 1 aliphatic carbocycles. The lowest BCUT2D eigenvalue weighted by atomic mass is 9.79. The lowest BCUT2D eigenvalue weighted by Crippen LogP contribution is -2.53. The Morgan fingerprint density at radius 2 is 1.76 bits per heavy atom. The summed E-state index contributed by atoms with van der Waals surface area (Å²) in [5.74, 6) is 0.0385. The van der Waals surface area contributed by atoms with Crippen molar-refractivity contribution in [2.24, 2.45) is 11.1 Å². The number of nitrogens with two attached hydrogens (primary N) is 1. The summed E-state index contributed by atoms with van der Waals surface area (Å²) >= 11 is 5.26. The van der Waals surface area contributed by atoms with Crippen LogP contribution in [0.15, 0.2) is 0 Å². The van der Waals surface area contributed by atoms with E-state index in [9.17, 15) is 4.79 Å². The molecule has 1 amide bonds. The maximum Gasteiger partial charge on any atom is 0.233 e.